The van der Waals surface area contributed by atoms with Crippen molar-refractivity contribution in [1.29, 1.82) is 5.26 Å². The van der Waals surface area contributed by atoms with Gasteiger partial charge in [-0.2, -0.15) is 5.26 Å². The fraction of sp³-hybridized carbons (Fsp3) is 0.263. The summed E-state index contributed by atoms with van der Waals surface area (Å²) in [6.07, 6.45) is 3.68. The van der Waals surface area contributed by atoms with Crippen molar-refractivity contribution >= 4 is 17.5 Å². The molecule has 0 aliphatic heterocycles. The number of rotatable bonds is 6. The van der Waals surface area contributed by atoms with Crippen LogP contribution in [-0.2, 0) is 0 Å². The van der Waals surface area contributed by atoms with Gasteiger partial charge in [0.05, 0.1) is 22.4 Å². The van der Waals surface area contributed by atoms with Crippen molar-refractivity contribution in [1.82, 2.24) is 10.3 Å². The van der Waals surface area contributed by atoms with E-state index in [-0.39, 0.29) is 11.5 Å². The van der Waals surface area contributed by atoms with Crippen molar-refractivity contribution in [2.24, 2.45) is 5.92 Å². The number of hydrogen-bond donors (Lipinski definition) is 2. The quantitative estimate of drug-likeness (QED) is 0.848. The molecule has 0 unspecified atom stereocenters. The first-order valence-electron chi connectivity index (χ1n) is 8.05. The first kappa shape index (κ1) is 18.1. The van der Waals surface area contributed by atoms with E-state index in [1.54, 1.807) is 24.3 Å². The summed E-state index contributed by atoms with van der Waals surface area (Å²) in [5.41, 5.74) is 1.36. The molecular formula is C19H20N4O2. The van der Waals surface area contributed by atoms with Crippen LogP contribution in [0, 0.1) is 17.2 Å². The summed E-state index contributed by atoms with van der Waals surface area (Å²) in [6, 6.07) is 10.2. The summed E-state index contributed by atoms with van der Waals surface area (Å²) in [6.45, 7) is 4.73. The Hall–Kier alpha value is -3.20. The molecule has 0 aliphatic carbocycles. The maximum Gasteiger partial charge on any atom is 0.257 e. The fourth-order valence-electron chi connectivity index (χ4n) is 2.15. The molecule has 128 valence electrons. The Bertz CT molecular complexity index is 809. The van der Waals surface area contributed by atoms with Crippen LogP contribution in [0.15, 0.2) is 42.7 Å². The summed E-state index contributed by atoms with van der Waals surface area (Å²) < 4.78 is 0. The topological polar surface area (TPSA) is 94.9 Å². The Kier molecular flexibility index (Phi) is 6.24. The molecule has 2 aromatic rings. The number of carbonyl (C=O) groups excluding carboxylic acids is 2. The van der Waals surface area contributed by atoms with Gasteiger partial charge in [-0.1, -0.05) is 26.0 Å². The highest BCUT2D eigenvalue weighted by Gasteiger charge is 2.13. The molecule has 0 saturated carbocycles. The van der Waals surface area contributed by atoms with Gasteiger partial charge < -0.3 is 10.6 Å². The second-order valence-corrected chi connectivity index (χ2v) is 6.01. The minimum absolute atomic E-state index is 0.254. The monoisotopic (exact) mass is 336 g/mol. The lowest BCUT2D eigenvalue weighted by atomic mass is 10.1. The minimum Gasteiger partial charge on any atom is -0.352 e. The van der Waals surface area contributed by atoms with Crippen LogP contribution in [0.1, 0.15) is 46.5 Å². The smallest absolute Gasteiger partial charge is 0.257 e. The van der Waals surface area contributed by atoms with E-state index in [9.17, 15) is 9.59 Å². The largest absolute Gasteiger partial charge is 0.352 e. The number of hydrogen-bond acceptors (Lipinski definition) is 4. The van der Waals surface area contributed by atoms with Gasteiger partial charge in [-0.05, 0) is 30.5 Å². The van der Waals surface area contributed by atoms with Gasteiger partial charge in [0.15, 0.2) is 0 Å². The molecule has 2 rings (SSSR count). The summed E-state index contributed by atoms with van der Waals surface area (Å²) in [5, 5.41) is 14.6. The Labute approximate surface area is 146 Å². The van der Waals surface area contributed by atoms with Crippen molar-refractivity contribution in [3.8, 4) is 6.07 Å². The Morgan fingerprint density at radius 3 is 2.52 bits per heavy atom. The number of carbonyl (C=O) groups is 2. The van der Waals surface area contributed by atoms with Crippen molar-refractivity contribution in [2.75, 3.05) is 11.9 Å². The van der Waals surface area contributed by atoms with Gasteiger partial charge in [-0.15, -0.1) is 0 Å². The number of nitrogens with zero attached hydrogens (tertiary/aromatic N) is 2. The third-order valence-electron chi connectivity index (χ3n) is 3.57. The van der Waals surface area contributed by atoms with Crippen molar-refractivity contribution in [3.63, 3.8) is 0 Å². The Balaban J connectivity index is 2.08. The molecule has 1 heterocycles. The molecule has 0 atom stereocenters. The molecule has 0 bridgehead atoms. The maximum atomic E-state index is 12.4. The number of benzene rings is 1. The standard InChI is InChI=1S/C19H20N4O2/c1-13(2)7-8-22-18(24)15-9-16(12-21-11-15)19(25)23-17-6-4-3-5-14(17)10-20/h3-6,9,11-13H,7-8H2,1-2H3,(H,22,24)(H,23,25). The number of pyridine rings is 1. The van der Waals surface area contributed by atoms with Crippen LogP contribution >= 0.6 is 0 Å². The molecule has 6 heteroatoms. The number of nitrogens with one attached hydrogen (secondary N) is 2. The summed E-state index contributed by atoms with van der Waals surface area (Å²) in [7, 11) is 0. The second-order valence-electron chi connectivity index (χ2n) is 6.01. The summed E-state index contributed by atoms with van der Waals surface area (Å²) in [5.74, 6) is -0.192. The van der Waals surface area contributed by atoms with Crippen LogP contribution in [0.3, 0.4) is 0 Å². The van der Waals surface area contributed by atoms with Crippen LogP contribution in [-0.4, -0.2) is 23.3 Å². The Morgan fingerprint density at radius 2 is 1.84 bits per heavy atom. The van der Waals surface area contributed by atoms with Crippen LogP contribution < -0.4 is 10.6 Å². The SMILES string of the molecule is CC(C)CCNC(=O)c1cncc(C(=O)Nc2ccccc2C#N)c1. The van der Waals surface area contributed by atoms with Crippen LogP contribution in [0.5, 0.6) is 0 Å². The fourth-order valence-corrected chi connectivity index (χ4v) is 2.15. The van der Waals surface area contributed by atoms with E-state index in [1.165, 1.54) is 18.5 Å². The van der Waals surface area contributed by atoms with E-state index >= 15 is 0 Å². The van der Waals surface area contributed by atoms with Crippen molar-refractivity contribution in [3.05, 3.63) is 59.4 Å². The van der Waals surface area contributed by atoms with Gasteiger partial charge >= 0.3 is 0 Å². The van der Waals surface area contributed by atoms with Crippen LogP contribution in [0.4, 0.5) is 5.69 Å². The number of amides is 2. The minimum atomic E-state index is -0.424. The molecule has 0 aliphatic rings. The molecule has 1 aromatic carbocycles. The number of anilines is 1. The zero-order valence-corrected chi connectivity index (χ0v) is 14.2. The normalized spacial score (nSPS) is 10.2. The first-order valence-corrected chi connectivity index (χ1v) is 8.05. The molecule has 0 radical (unpaired) electrons. The average molecular weight is 336 g/mol. The van der Waals surface area contributed by atoms with Crippen LogP contribution in [0.25, 0.3) is 0 Å². The van der Waals surface area contributed by atoms with Crippen molar-refractivity contribution in [2.45, 2.75) is 20.3 Å². The van der Waals surface area contributed by atoms with Gasteiger partial charge in [0.1, 0.15) is 6.07 Å². The molecule has 2 N–H and O–H groups in total. The zero-order chi connectivity index (χ0) is 18.2. The summed E-state index contributed by atoms with van der Waals surface area (Å²) >= 11 is 0. The first-order chi connectivity index (χ1) is 12.0. The maximum absolute atomic E-state index is 12.4. The Morgan fingerprint density at radius 1 is 1.16 bits per heavy atom. The molecule has 2 amide bonds. The van der Waals surface area contributed by atoms with Gasteiger partial charge in [-0.3, -0.25) is 14.6 Å². The lowest BCUT2D eigenvalue weighted by molar-refractivity contribution is 0.0951. The molecular weight excluding hydrogens is 316 g/mol. The molecule has 0 spiro atoms. The van der Waals surface area contributed by atoms with Crippen molar-refractivity contribution < 1.29 is 9.59 Å². The number of para-hydroxylation sites is 1. The predicted molar refractivity (Wildman–Crippen MR) is 95.1 cm³/mol. The highest BCUT2D eigenvalue weighted by atomic mass is 16.2. The lowest BCUT2D eigenvalue weighted by Crippen LogP contribution is -2.26. The van der Waals surface area contributed by atoms with E-state index in [4.69, 9.17) is 5.26 Å². The van der Waals surface area contributed by atoms with Gasteiger partial charge in [0, 0.05) is 18.9 Å². The van der Waals surface area contributed by atoms with Gasteiger partial charge in [0.25, 0.3) is 11.8 Å². The van der Waals surface area contributed by atoms with Gasteiger partial charge in [-0.25, -0.2) is 0 Å². The third kappa shape index (κ3) is 5.15. The van der Waals surface area contributed by atoms with E-state index in [0.29, 0.717) is 29.3 Å². The molecule has 25 heavy (non-hydrogen) atoms. The second kappa shape index (κ2) is 8.60. The van der Waals surface area contributed by atoms with E-state index in [0.717, 1.165) is 6.42 Å². The number of nitriles is 1. The van der Waals surface area contributed by atoms with E-state index in [2.05, 4.69) is 29.5 Å². The van der Waals surface area contributed by atoms with E-state index < -0.39 is 5.91 Å². The molecule has 1 aromatic heterocycles. The average Bonchev–Trinajstić information content (AvgIpc) is 2.61. The highest BCUT2D eigenvalue weighted by molar-refractivity contribution is 6.06. The molecule has 0 saturated heterocycles. The number of aromatic nitrogens is 1. The van der Waals surface area contributed by atoms with Crippen LogP contribution in [0.2, 0.25) is 0 Å². The third-order valence-corrected chi connectivity index (χ3v) is 3.57. The molecule has 0 fully saturated rings. The lowest BCUT2D eigenvalue weighted by Gasteiger charge is -2.09. The highest BCUT2D eigenvalue weighted by Crippen LogP contribution is 2.15. The molecule has 6 nitrogen and oxygen atoms in total. The summed E-state index contributed by atoms with van der Waals surface area (Å²) in [4.78, 5) is 28.5. The zero-order valence-electron chi connectivity index (χ0n) is 14.2. The van der Waals surface area contributed by atoms with Gasteiger partial charge in [0.2, 0.25) is 0 Å². The predicted octanol–water partition coefficient (Wildman–Crippen LogP) is 2.98. The van der Waals surface area contributed by atoms with E-state index in [1.807, 2.05) is 6.07 Å².